The van der Waals surface area contributed by atoms with E-state index in [4.69, 9.17) is 5.11 Å². The second kappa shape index (κ2) is 3.84. The Bertz CT molecular complexity index is 445. The van der Waals surface area contributed by atoms with Crippen molar-refractivity contribution >= 4 is 17.7 Å². The Morgan fingerprint density at radius 2 is 2.19 bits per heavy atom. The summed E-state index contributed by atoms with van der Waals surface area (Å²) >= 11 is 0. The van der Waals surface area contributed by atoms with Crippen LogP contribution in [0.4, 0.5) is 10.5 Å². The number of hydrogen-bond acceptors (Lipinski definition) is 2. The van der Waals surface area contributed by atoms with Crippen LogP contribution in [0.1, 0.15) is 5.56 Å². The molecule has 1 fully saturated rings. The number of anilines is 1. The number of benzene rings is 1. The van der Waals surface area contributed by atoms with Crippen molar-refractivity contribution in [1.29, 1.82) is 0 Å². The number of nitrogens with zero attached hydrogens (tertiary/aromatic N) is 1. The fourth-order valence-corrected chi connectivity index (χ4v) is 1.81. The van der Waals surface area contributed by atoms with Crippen molar-refractivity contribution in [3.05, 3.63) is 29.8 Å². The Kier molecular flexibility index (Phi) is 2.52. The zero-order valence-electron chi connectivity index (χ0n) is 8.80. The van der Waals surface area contributed by atoms with Gasteiger partial charge in [0.05, 0.1) is 6.54 Å². The van der Waals surface area contributed by atoms with Crippen LogP contribution >= 0.6 is 0 Å². The number of carbonyl (C=O) groups is 2. The number of hydrogen-bond donors (Lipinski definition) is 2. The standard InChI is InChI=1S/C11H12N2O3/c1-7-4-2-3-5-8(7)13-9(10(14)15)6-12-11(13)16/h2-5,9H,6H2,1H3,(H,12,16)(H,14,15). The van der Waals surface area contributed by atoms with Gasteiger partial charge in [0.1, 0.15) is 0 Å². The second-order valence-corrected chi connectivity index (χ2v) is 3.70. The maximum Gasteiger partial charge on any atom is 0.328 e. The SMILES string of the molecule is Cc1ccccc1N1C(=O)NCC1C(=O)O. The molecule has 1 aliphatic rings. The molecule has 2 rings (SSSR count). The molecule has 0 radical (unpaired) electrons. The molecule has 1 aromatic rings. The van der Waals surface area contributed by atoms with Gasteiger partial charge in [0.2, 0.25) is 0 Å². The summed E-state index contributed by atoms with van der Waals surface area (Å²) < 4.78 is 0. The van der Waals surface area contributed by atoms with Gasteiger partial charge in [0.15, 0.2) is 6.04 Å². The first-order valence-electron chi connectivity index (χ1n) is 4.97. The Morgan fingerprint density at radius 3 is 2.81 bits per heavy atom. The largest absolute Gasteiger partial charge is 0.480 e. The van der Waals surface area contributed by atoms with Crippen molar-refractivity contribution in [1.82, 2.24) is 5.32 Å². The molecule has 1 atom stereocenters. The number of aryl methyl sites for hydroxylation is 1. The summed E-state index contributed by atoms with van der Waals surface area (Å²) in [7, 11) is 0. The van der Waals surface area contributed by atoms with E-state index in [0.717, 1.165) is 5.56 Å². The molecule has 1 heterocycles. The van der Waals surface area contributed by atoms with Crippen molar-refractivity contribution in [2.75, 3.05) is 11.4 Å². The molecule has 5 nitrogen and oxygen atoms in total. The van der Waals surface area contributed by atoms with Gasteiger partial charge in [0, 0.05) is 5.69 Å². The number of carbonyl (C=O) groups excluding carboxylic acids is 1. The molecular weight excluding hydrogens is 208 g/mol. The van der Waals surface area contributed by atoms with Gasteiger partial charge in [-0.05, 0) is 18.6 Å². The first-order chi connectivity index (χ1) is 7.61. The molecule has 1 unspecified atom stereocenters. The molecule has 1 aromatic carbocycles. The number of para-hydroxylation sites is 1. The van der Waals surface area contributed by atoms with Crippen LogP contribution in [-0.2, 0) is 4.79 Å². The monoisotopic (exact) mass is 220 g/mol. The number of rotatable bonds is 2. The lowest BCUT2D eigenvalue weighted by molar-refractivity contribution is -0.137. The number of carboxylic acids is 1. The van der Waals surface area contributed by atoms with Crippen LogP contribution in [0, 0.1) is 6.92 Å². The summed E-state index contributed by atoms with van der Waals surface area (Å²) in [5.74, 6) is -0.999. The van der Waals surface area contributed by atoms with E-state index >= 15 is 0 Å². The van der Waals surface area contributed by atoms with Crippen LogP contribution in [0.5, 0.6) is 0 Å². The van der Waals surface area contributed by atoms with Crippen molar-refractivity contribution in [2.45, 2.75) is 13.0 Å². The molecule has 0 saturated carbocycles. The number of aliphatic carboxylic acids is 1. The molecule has 2 N–H and O–H groups in total. The second-order valence-electron chi connectivity index (χ2n) is 3.70. The topological polar surface area (TPSA) is 69.6 Å². The average molecular weight is 220 g/mol. The van der Waals surface area contributed by atoms with Gasteiger partial charge in [-0.15, -0.1) is 0 Å². The molecule has 0 spiro atoms. The molecule has 0 aliphatic carbocycles. The Hall–Kier alpha value is -2.04. The van der Waals surface area contributed by atoms with Gasteiger partial charge in [-0.2, -0.15) is 0 Å². The van der Waals surface area contributed by atoms with Gasteiger partial charge in [-0.3, -0.25) is 4.90 Å². The van der Waals surface area contributed by atoms with Crippen LogP contribution in [0.15, 0.2) is 24.3 Å². The van der Waals surface area contributed by atoms with Gasteiger partial charge in [-0.1, -0.05) is 18.2 Å². The average Bonchev–Trinajstić information content (AvgIpc) is 2.61. The first-order valence-corrected chi connectivity index (χ1v) is 4.97. The van der Waals surface area contributed by atoms with Gasteiger partial charge in [0.25, 0.3) is 0 Å². The third-order valence-electron chi connectivity index (χ3n) is 2.64. The fraction of sp³-hybridized carbons (Fsp3) is 0.273. The summed E-state index contributed by atoms with van der Waals surface area (Å²) in [5, 5.41) is 11.6. The normalized spacial score (nSPS) is 19.7. The fourth-order valence-electron chi connectivity index (χ4n) is 1.81. The molecule has 2 amide bonds. The van der Waals surface area contributed by atoms with E-state index in [-0.39, 0.29) is 12.6 Å². The molecule has 5 heteroatoms. The lowest BCUT2D eigenvalue weighted by Gasteiger charge is -2.21. The van der Waals surface area contributed by atoms with Crippen LogP contribution < -0.4 is 10.2 Å². The highest BCUT2D eigenvalue weighted by molar-refractivity contribution is 6.01. The summed E-state index contributed by atoms with van der Waals surface area (Å²) in [4.78, 5) is 23.9. The molecule has 0 bridgehead atoms. The zero-order chi connectivity index (χ0) is 11.7. The minimum absolute atomic E-state index is 0.141. The Labute approximate surface area is 92.7 Å². The Balaban J connectivity index is 2.41. The van der Waals surface area contributed by atoms with Crippen molar-refractivity contribution in [2.24, 2.45) is 0 Å². The summed E-state index contributed by atoms with van der Waals surface area (Å²) in [5.41, 5.74) is 1.52. The van der Waals surface area contributed by atoms with E-state index in [2.05, 4.69) is 5.32 Å². The van der Waals surface area contributed by atoms with Crippen LogP contribution in [-0.4, -0.2) is 29.7 Å². The minimum atomic E-state index is -0.999. The van der Waals surface area contributed by atoms with Crippen LogP contribution in [0.25, 0.3) is 0 Å². The zero-order valence-corrected chi connectivity index (χ0v) is 8.80. The highest BCUT2D eigenvalue weighted by Crippen LogP contribution is 2.24. The van der Waals surface area contributed by atoms with Crippen molar-refractivity contribution in [3.8, 4) is 0 Å². The van der Waals surface area contributed by atoms with E-state index in [1.807, 2.05) is 19.1 Å². The van der Waals surface area contributed by atoms with Crippen LogP contribution in [0.3, 0.4) is 0 Å². The van der Waals surface area contributed by atoms with E-state index in [1.165, 1.54) is 4.90 Å². The molecule has 84 valence electrons. The predicted octanol–water partition coefficient (Wildman–Crippen LogP) is 0.978. The highest BCUT2D eigenvalue weighted by Gasteiger charge is 2.37. The number of urea groups is 1. The number of carboxylic acid groups (broad SMARTS) is 1. The maximum atomic E-state index is 11.6. The third-order valence-corrected chi connectivity index (χ3v) is 2.64. The van der Waals surface area contributed by atoms with E-state index < -0.39 is 12.0 Å². The van der Waals surface area contributed by atoms with Gasteiger partial charge in [-0.25, -0.2) is 9.59 Å². The van der Waals surface area contributed by atoms with E-state index in [9.17, 15) is 9.59 Å². The number of amides is 2. The Morgan fingerprint density at radius 1 is 1.50 bits per heavy atom. The summed E-state index contributed by atoms with van der Waals surface area (Å²) in [6.45, 7) is 1.99. The molecule has 1 aliphatic heterocycles. The predicted molar refractivity (Wildman–Crippen MR) is 58.5 cm³/mol. The molecule has 1 saturated heterocycles. The quantitative estimate of drug-likeness (QED) is 0.780. The maximum absolute atomic E-state index is 11.6. The molecular formula is C11H12N2O3. The van der Waals surface area contributed by atoms with E-state index in [1.54, 1.807) is 12.1 Å². The first kappa shape index (κ1) is 10.5. The van der Waals surface area contributed by atoms with Gasteiger partial charge >= 0.3 is 12.0 Å². The third kappa shape index (κ3) is 1.60. The minimum Gasteiger partial charge on any atom is -0.480 e. The highest BCUT2D eigenvalue weighted by atomic mass is 16.4. The number of nitrogens with one attached hydrogen (secondary N) is 1. The smallest absolute Gasteiger partial charge is 0.328 e. The van der Waals surface area contributed by atoms with Gasteiger partial charge < -0.3 is 10.4 Å². The van der Waals surface area contributed by atoms with Crippen molar-refractivity contribution in [3.63, 3.8) is 0 Å². The lowest BCUT2D eigenvalue weighted by atomic mass is 10.1. The van der Waals surface area contributed by atoms with Crippen molar-refractivity contribution < 1.29 is 14.7 Å². The molecule has 0 aromatic heterocycles. The summed E-state index contributed by atoms with van der Waals surface area (Å²) in [6, 6.07) is 6.04. The van der Waals surface area contributed by atoms with E-state index in [0.29, 0.717) is 5.69 Å². The lowest BCUT2D eigenvalue weighted by Crippen LogP contribution is -2.40. The summed E-state index contributed by atoms with van der Waals surface area (Å²) in [6.07, 6.45) is 0. The van der Waals surface area contributed by atoms with Crippen LogP contribution in [0.2, 0.25) is 0 Å². The molecule has 16 heavy (non-hydrogen) atoms.